The summed E-state index contributed by atoms with van der Waals surface area (Å²) in [5.74, 6) is -1.84. The summed E-state index contributed by atoms with van der Waals surface area (Å²) in [6.45, 7) is 13.5. The molecule has 4 rings (SSSR count). The Balaban J connectivity index is 1.90. The third-order valence-corrected chi connectivity index (χ3v) is 9.07. The van der Waals surface area contributed by atoms with Crippen LogP contribution in [-0.2, 0) is 19.1 Å². The van der Waals surface area contributed by atoms with E-state index in [1.54, 1.807) is 4.90 Å². The minimum absolute atomic E-state index is 0.00503. The van der Waals surface area contributed by atoms with Crippen molar-refractivity contribution in [2.24, 2.45) is 17.8 Å². The van der Waals surface area contributed by atoms with Gasteiger partial charge in [0.2, 0.25) is 17.7 Å². The lowest BCUT2D eigenvalue weighted by atomic mass is 9.73. The average molecular weight is 530 g/mol. The molecule has 0 aromatic heterocycles. The van der Waals surface area contributed by atoms with E-state index in [9.17, 15) is 19.5 Å². The number of hydrogen-bond donors (Lipinski definition) is 1. The molecule has 4 aliphatic heterocycles. The maximum Gasteiger partial charge on any atom is 0.249 e. The molecule has 4 heterocycles. The Hall–Kier alpha value is -2.19. The highest BCUT2D eigenvalue weighted by Crippen LogP contribution is 2.59. The molecule has 3 amide bonds. The fourth-order valence-electron chi connectivity index (χ4n) is 7.42. The molecule has 7 atom stereocenters. The summed E-state index contributed by atoms with van der Waals surface area (Å²) >= 11 is 0. The van der Waals surface area contributed by atoms with Crippen LogP contribution in [0.4, 0.5) is 0 Å². The first kappa shape index (κ1) is 28.8. The molecule has 0 saturated carbocycles. The van der Waals surface area contributed by atoms with Gasteiger partial charge < -0.3 is 24.5 Å². The van der Waals surface area contributed by atoms with E-state index in [0.717, 1.165) is 19.3 Å². The van der Waals surface area contributed by atoms with Gasteiger partial charge in [-0.25, -0.2) is 0 Å². The van der Waals surface area contributed by atoms with Gasteiger partial charge >= 0.3 is 0 Å². The van der Waals surface area contributed by atoms with E-state index < -0.39 is 35.1 Å². The zero-order valence-electron chi connectivity index (χ0n) is 24.1. The molecule has 1 N–H and O–H groups in total. The van der Waals surface area contributed by atoms with Crippen molar-refractivity contribution in [1.29, 1.82) is 0 Å². The normalized spacial score (nSPS) is 34.4. The first-order chi connectivity index (χ1) is 18.1. The van der Waals surface area contributed by atoms with Gasteiger partial charge in [-0.05, 0) is 38.5 Å². The highest BCUT2D eigenvalue weighted by atomic mass is 16.5. The molecule has 2 unspecified atom stereocenters. The Bertz CT molecular complexity index is 979. The summed E-state index contributed by atoms with van der Waals surface area (Å²) in [5.41, 5.74) is -2.24. The highest BCUT2D eigenvalue weighted by Gasteiger charge is 2.76. The summed E-state index contributed by atoms with van der Waals surface area (Å²) in [4.78, 5) is 48.5. The van der Waals surface area contributed by atoms with Crippen molar-refractivity contribution in [2.75, 3.05) is 26.2 Å². The predicted octanol–water partition coefficient (Wildman–Crippen LogP) is 3.15. The lowest BCUT2D eigenvalue weighted by Gasteiger charge is -2.42. The number of fused-ring (bicyclic) bond motifs is 2. The SMILES string of the molecule is CCCC(C)N1CC=C[C@]23O[C@@]4(CC)C=CCN(CCC)C(=O)[C@H]4[C@H]2C(=O)N([C@@H](CO)CC(C)C)C3C1=O. The molecule has 0 bridgehead atoms. The van der Waals surface area contributed by atoms with E-state index in [1.807, 2.05) is 68.7 Å². The Morgan fingerprint density at radius 3 is 2.29 bits per heavy atom. The van der Waals surface area contributed by atoms with E-state index >= 15 is 0 Å². The van der Waals surface area contributed by atoms with E-state index in [2.05, 4.69) is 6.92 Å². The zero-order chi connectivity index (χ0) is 27.8. The van der Waals surface area contributed by atoms with Crippen LogP contribution in [0.3, 0.4) is 0 Å². The molecule has 2 fully saturated rings. The van der Waals surface area contributed by atoms with Crippen molar-refractivity contribution in [2.45, 2.75) is 103 Å². The summed E-state index contributed by atoms with van der Waals surface area (Å²) in [6.07, 6.45) is 11.5. The smallest absolute Gasteiger partial charge is 0.249 e. The lowest BCUT2D eigenvalue weighted by Crippen LogP contribution is -2.60. The fourth-order valence-corrected chi connectivity index (χ4v) is 7.42. The largest absolute Gasteiger partial charge is 0.394 e. The third-order valence-electron chi connectivity index (χ3n) is 9.07. The van der Waals surface area contributed by atoms with Crippen LogP contribution in [0.2, 0.25) is 0 Å². The van der Waals surface area contributed by atoms with Crippen molar-refractivity contribution in [1.82, 2.24) is 14.7 Å². The number of aliphatic hydroxyl groups excluding tert-OH is 1. The summed E-state index contributed by atoms with van der Waals surface area (Å²) in [7, 11) is 0. The maximum absolute atomic E-state index is 14.6. The molecule has 2 saturated heterocycles. The molecule has 212 valence electrons. The molecule has 0 aromatic rings. The maximum atomic E-state index is 14.6. The number of likely N-dealkylation sites (tertiary alicyclic amines) is 1. The quantitative estimate of drug-likeness (QED) is 0.439. The fraction of sp³-hybridized carbons (Fsp3) is 0.767. The second-order valence-corrected chi connectivity index (χ2v) is 12.1. The molecular formula is C30H47N3O5. The van der Waals surface area contributed by atoms with Crippen LogP contribution in [0.25, 0.3) is 0 Å². The van der Waals surface area contributed by atoms with Gasteiger partial charge in [-0.2, -0.15) is 0 Å². The molecule has 1 spiro atoms. The Labute approximate surface area is 228 Å². The Morgan fingerprint density at radius 1 is 0.974 bits per heavy atom. The topological polar surface area (TPSA) is 90.4 Å². The predicted molar refractivity (Wildman–Crippen MR) is 146 cm³/mol. The van der Waals surface area contributed by atoms with E-state index in [-0.39, 0.29) is 36.3 Å². The van der Waals surface area contributed by atoms with Crippen molar-refractivity contribution < 1.29 is 24.2 Å². The van der Waals surface area contributed by atoms with Crippen molar-refractivity contribution >= 4 is 17.7 Å². The molecular weight excluding hydrogens is 482 g/mol. The van der Waals surface area contributed by atoms with Gasteiger partial charge in [0, 0.05) is 25.7 Å². The second kappa shape index (κ2) is 11.1. The van der Waals surface area contributed by atoms with Gasteiger partial charge in [-0.15, -0.1) is 0 Å². The number of ether oxygens (including phenoxy) is 1. The van der Waals surface area contributed by atoms with E-state index in [1.165, 1.54) is 0 Å². The zero-order valence-corrected chi connectivity index (χ0v) is 24.1. The van der Waals surface area contributed by atoms with Gasteiger partial charge in [-0.3, -0.25) is 14.4 Å². The van der Waals surface area contributed by atoms with Gasteiger partial charge in [0.1, 0.15) is 11.6 Å². The second-order valence-electron chi connectivity index (χ2n) is 12.1. The summed E-state index contributed by atoms with van der Waals surface area (Å²) in [6, 6.07) is -1.46. The number of carbonyl (C=O) groups excluding carboxylic acids is 3. The van der Waals surface area contributed by atoms with Crippen LogP contribution in [0.1, 0.15) is 73.6 Å². The standard InChI is InChI=1S/C30H47N3O5/c1-7-12-21(6)32-17-11-14-30-24(27(36)33(25(30)28(32)37)22(19-34)18-20(4)5)23-26(35)31(15-8-2)16-10-13-29(23,9-3)38-30/h10-11,13-14,20-25,34H,7-9,12,15-19H2,1-6H3/t21?,22-,23-,24+,25?,29+,30+/m1/s1. The molecule has 0 aliphatic carbocycles. The van der Waals surface area contributed by atoms with Crippen LogP contribution in [0, 0.1) is 17.8 Å². The summed E-state index contributed by atoms with van der Waals surface area (Å²) < 4.78 is 7.02. The van der Waals surface area contributed by atoms with Crippen LogP contribution in [0.5, 0.6) is 0 Å². The van der Waals surface area contributed by atoms with Crippen molar-refractivity contribution in [3.8, 4) is 0 Å². The minimum Gasteiger partial charge on any atom is -0.394 e. The molecule has 4 aliphatic rings. The Morgan fingerprint density at radius 2 is 1.68 bits per heavy atom. The average Bonchev–Trinajstić information content (AvgIpc) is 3.18. The van der Waals surface area contributed by atoms with Gasteiger partial charge in [0.05, 0.1) is 30.1 Å². The first-order valence-corrected chi connectivity index (χ1v) is 14.7. The molecule has 38 heavy (non-hydrogen) atoms. The van der Waals surface area contributed by atoms with Gasteiger partial charge in [0.15, 0.2) is 0 Å². The van der Waals surface area contributed by atoms with Gasteiger partial charge in [0.25, 0.3) is 0 Å². The monoisotopic (exact) mass is 529 g/mol. The molecule has 0 radical (unpaired) electrons. The lowest BCUT2D eigenvalue weighted by molar-refractivity contribution is -0.158. The van der Waals surface area contributed by atoms with Crippen LogP contribution >= 0.6 is 0 Å². The highest BCUT2D eigenvalue weighted by molar-refractivity contribution is 6.00. The van der Waals surface area contributed by atoms with Crippen LogP contribution in [-0.4, -0.2) is 93.1 Å². The summed E-state index contributed by atoms with van der Waals surface area (Å²) in [5, 5.41) is 10.5. The number of hydrogen-bond acceptors (Lipinski definition) is 5. The minimum atomic E-state index is -1.27. The third kappa shape index (κ3) is 4.41. The van der Waals surface area contributed by atoms with Crippen molar-refractivity contribution in [3.05, 3.63) is 24.3 Å². The molecule has 8 nitrogen and oxygen atoms in total. The molecule has 0 aromatic carbocycles. The number of amides is 3. The molecule has 8 heteroatoms. The van der Waals surface area contributed by atoms with E-state index in [0.29, 0.717) is 32.5 Å². The van der Waals surface area contributed by atoms with Crippen LogP contribution in [0.15, 0.2) is 24.3 Å². The number of carbonyl (C=O) groups is 3. The first-order valence-electron chi connectivity index (χ1n) is 14.7. The number of nitrogens with zero attached hydrogens (tertiary/aromatic N) is 3. The number of rotatable bonds is 10. The Kier molecular flexibility index (Phi) is 8.43. The van der Waals surface area contributed by atoms with Gasteiger partial charge in [-0.1, -0.05) is 65.3 Å². The number of aliphatic hydroxyl groups is 1. The van der Waals surface area contributed by atoms with E-state index in [4.69, 9.17) is 4.74 Å². The van der Waals surface area contributed by atoms with Crippen molar-refractivity contribution in [3.63, 3.8) is 0 Å². The van der Waals surface area contributed by atoms with Crippen LogP contribution < -0.4 is 0 Å².